The molecule has 1 heterocycles. The Balaban J connectivity index is 2.53. The molecule has 0 bridgehead atoms. The molecule has 1 atom stereocenters. The molecule has 0 aromatic carbocycles. The normalized spacial score (nSPS) is 24.5. The highest BCUT2D eigenvalue weighted by Gasteiger charge is 2.35. The van der Waals surface area contributed by atoms with Gasteiger partial charge in [0.1, 0.15) is 0 Å². The predicted molar refractivity (Wildman–Crippen MR) is 93.2 cm³/mol. The lowest BCUT2D eigenvalue weighted by atomic mass is 9.90. The number of allylic oxidation sites excluding steroid dienone is 8. The Morgan fingerprint density at radius 1 is 1.36 bits per heavy atom. The fraction of sp³-hybridized carbons (Fsp3) is 0.450. The zero-order valence-electron chi connectivity index (χ0n) is 14.3. The minimum atomic E-state index is 0.241. The Labute approximate surface area is 134 Å². The van der Waals surface area contributed by atoms with Gasteiger partial charge >= 0.3 is 0 Å². The van der Waals surface area contributed by atoms with Gasteiger partial charge in [-0.3, -0.25) is 4.79 Å². The van der Waals surface area contributed by atoms with Crippen molar-refractivity contribution in [2.24, 2.45) is 5.92 Å². The van der Waals surface area contributed by atoms with Gasteiger partial charge in [-0.15, -0.1) is 0 Å². The van der Waals surface area contributed by atoms with E-state index < -0.39 is 0 Å². The fourth-order valence-corrected chi connectivity index (χ4v) is 3.66. The van der Waals surface area contributed by atoms with Crippen LogP contribution in [0.2, 0.25) is 0 Å². The fourth-order valence-electron chi connectivity index (χ4n) is 3.66. The lowest BCUT2D eigenvalue weighted by Crippen LogP contribution is -2.19. The number of hydrogen-bond donors (Lipinski definition) is 0. The molecule has 0 saturated heterocycles. The number of Topliss-reactive ketones (excluding diaryl/α,β-unsaturated/α-hetero) is 1. The van der Waals surface area contributed by atoms with Crippen LogP contribution < -0.4 is 0 Å². The molecule has 1 unspecified atom stereocenters. The molecule has 0 saturated carbocycles. The second-order valence-electron chi connectivity index (χ2n) is 6.01. The van der Waals surface area contributed by atoms with Crippen LogP contribution in [0.25, 0.3) is 0 Å². The third kappa shape index (κ3) is 2.75. The average Bonchev–Trinajstić information content (AvgIpc) is 2.96. The molecule has 0 amide bonds. The van der Waals surface area contributed by atoms with Gasteiger partial charge in [-0.05, 0) is 43.9 Å². The summed E-state index contributed by atoms with van der Waals surface area (Å²) in [6.45, 7) is 13.6. The number of nitrogens with zero attached hydrogens (tertiary/aromatic N) is 1. The van der Waals surface area contributed by atoms with E-state index in [0.29, 0.717) is 12.3 Å². The van der Waals surface area contributed by atoms with Gasteiger partial charge < -0.3 is 4.90 Å². The lowest BCUT2D eigenvalue weighted by Gasteiger charge is -2.22. The van der Waals surface area contributed by atoms with E-state index in [1.807, 2.05) is 6.92 Å². The molecular weight excluding hydrogens is 270 g/mol. The van der Waals surface area contributed by atoms with Crippen molar-refractivity contribution in [3.63, 3.8) is 0 Å². The van der Waals surface area contributed by atoms with Crippen molar-refractivity contribution in [3.05, 3.63) is 59.0 Å². The van der Waals surface area contributed by atoms with Gasteiger partial charge in [-0.2, -0.15) is 0 Å². The van der Waals surface area contributed by atoms with Crippen molar-refractivity contribution in [3.8, 4) is 0 Å². The monoisotopic (exact) mass is 297 g/mol. The summed E-state index contributed by atoms with van der Waals surface area (Å²) in [7, 11) is 0. The SMILES string of the molecule is C=CC1=C(C2=C(C)N(CCC)/C(=C/C=C\C)C2C)CCC1=O. The highest BCUT2D eigenvalue weighted by molar-refractivity contribution is 6.02. The molecule has 0 N–H and O–H groups in total. The van der Waals surface area contributed by atoms with E-state index in [9.17, 15) is 4.79 Å². The van der Waals surface area contributed by atoms with Crippen molar-refractivity contribution < 1.29 is 4.79 Å². The molecule has 1 aliphatic carbocycles. The Morgan fingerprint density at radius 2 is 2.09 bits per heavy atom. The van der Waals surface area contributed by atoms with Crippen molar-refractivity contribution in [2.45, 2.75) is 47.0 Å². The van der Waals surface area contributed by atoms with Crippen LogP contribution >= 0.6 is 0 Å². The van der Waals surface area contributed by atoms with Gasteiger partial charge in [0, 0.05) is 35.9 Å². The molecule has 2 heteroatoms. The second kappa shape index (κ2) is 6.95. The minimum absolute atomic E-state index is 0.241. The first-order valence-electron chi connectivity index (χ1n) is 8.27. The molecule has 0 spiro atoms. The van der Waals surface area contributed by atoms with Gasteiger partial charge in [0.2, 0.25) is 0 Å². The van der Waals surface area contributed by atoms with Crippen molar-refractivity contribution in [1.82, 2.24) is 4.90 Å². The van der Waals surface area contributed by atoms with E-state index in [2.05, 4.69) is 50.5 Å². The summed E-state index contributed by atoms with van der Waals surface area (Å²) < 4.78 is 0. The lowest BCUT2D eigenvalue weighted by molar-refractivity contribution is -0.114. The Morgan fingerprint density at radius 3 is 2.68 bits per heavy atom. The number of carbonyl (C=O) groups is 1. The van der Waals surface area contributed by atoms with Crippen LogP contribution in [0, 0.1) is 5.92 Å². The highest BCUT2D eigenvalue weighted by Crippen LogP contribution is 2.44. The topological polar surface area (TPSA) is 20.3 Å². The first-order valence-corrected chi connectivity index (χ1v) is 8.27. The van der Waals surface area contributed by atoms with E-state index in [1.165, 1.54) is 22.5 Å². The highest BCUT2D eigenvalue weighted by atomic mass is 16.1. The summed E-state index contributed by atoms with van der Waals surface area (Å²) in [5.41, 5.74) is 6.03. The molecule has 22 heavy (non-hydrogen) atoms. The molecule has 118 valence electrons. The minimum Gasteiger partial charge on any atom is -0.348 e. The summed E-state index contributed by atoms with van der Waals surface area (Å²) in [5, 5.41) is 0. The first-order chi connectivity index (χ1) is 10.6. The standard InChI is InChI=1S/C20H27NO/c1-6-9-10-18-14(4)20(15(5)21(18)13-7-2)17-11-12-19(22)16(17)8-3/h6,8-10,14H,3,7,11-13H2,1-2,4-5H3/b9-6-,18-10+. The largest absolute Gasteiger partial charge is 0.348 e. The van der Waals surface area contributed by atoms with Gasteiger partial charge in [0.25, 0.3) is 0 Å². The van der Waals surface area contributed by atoms with E-state index in [0.717, 1.165) is 25.0 Å². The van der Waals surface area contributed by atoms with E-state index in [4.69, 9.17) is 0 Å². The van der Waals surface area contributed by atoms with Gasteiger partial charge in [0.05, 0.1) is 0 Å². The van der Waals surface area contributed by atoms with Crippen LogP contribution in [0.3, 0.4) is 0 Å². The average molecular weight is 297 g/mol. The van der Waals surface area contributed by atoms with E-state index in [1.54, 1.807) is 6.08 Å². The molecule has 2 aliphatic rings. The van der Waals surface area contributed by atoms with Crippen molar-refractivity contribution >= 4 is 5.78 Å². The summed E-state index contributed by atoms with van der Waals surface area (Å²) >= 11 is 0. The van der Waals surface area contributed by atoms with Crippen LogP contribution in [-0.2, 0) is 4.79 Å². The summed E-state index contributed by atoms with van der Waals surface area (Å²) in [6, 6.07) is 0. The van der Waals surface area contributed by atoms with Crippen LogP contribution in [0.5, 0.6) is 0 Å². The number of rotatable bonds is 5. The Bertz CT molecular complexity index is 601. The van der Waals surface area contributed by atoms with Crippen molar-refractivity contribution in [1.29, 1.82) is 0 Å². The Kier molecular flexibility index (Phi) is 5.23. The van der Waals surface area contributed by atoms with Gasteiger partial charge in [-0.25, -0.2) is 0 Å². The number of hydrogen-bond acceptors (Lipinski definition) is 2. The second-order valence-corrected chi connectivity index (χ2v) is 6.01. The first kappa shape index (κ1) is 16.5. The third-order valence-corrected chi connectivity index (χ3v) is 4.65. The molecule has 0 aromatic rings. The smallest absolute Gasteiger partial charge is 0.163 e. The zero-order valence-corrected chi connectivity index (χ0v) is 14.3. The molecule has 0 radical (unpaired) electrons. The Hall–Kier alpha value is -1.83. The van der Waals surface area contributed by atoms with Gasteiger partial charge in [0.15, 0.2) is 5.78 Å². The maximum absolute atomic E-state index is 12.1. The number of carbonyl (C=O) groups excluding carboxylic acids is 1. The van der Waals surface area contributed by atoms with Gasteiger partial charge in [-0.1, -0.05) is 38.7 Å². The quantitative estimate of drug-likeness (QED) is 0.717. The molecule has 2 nitrogen and oxygen atoms in total. The van der Waals surface area contributed by atoms with Crippen LogP contribution in [0.1, 0.15) is 47.0 Å². The van der Waals surface area contributed by atoms with Crippen LogP contribution in [-0.4, -0.2) is 17.2 Å². The van der Waals surface area contributed by atoms with Crippen LogP contribution in [0.15, 0.2) is 59.0 Å². The van der Waals surface area contributed by atoms with E-state index >= 15 is 0 Å². The molecular formula is C20H27NO. The summed E-state index contributed by atoms with van der Waals surface area (Å²) in [5.74, 6) is 0.573. The molecule has 1 aliphatic heterocycles. The predicted octanol–water partition coefficient (Wildman–Crippen LogP) is 4.93. The zero-order chi connectivity index (χ0) is 16.3. The molecule has 0 aromatic heterocycles. The summed E-state index contributed by atoms with van der Waals surface area (Å²) in [4.78, 5) is 14.5. The maximum atomic E-state index is 12.1. The van der Waals surface area contributed by atoms with E-state index in [-0.39, 0.29) is 5.78 Å². The third-order valence-electron chi connectivity index (χ3n) is 4.65. The van der Waals surface area contributed by atoms with Crippen molar-refractivity contribution in [2.75, 3.05) is 6.54 Å². The molecule has 2 rings (SSSR count). The molecule has 0 fully saturated rings. The van der Waals surface area contributed by atoms with Crippen LogP contribution in [0.4, 0.5) is 0 Å². The number of ketones is 1. The maximum Gasteiger partial charge on any atom is 0.163 e. The summed E-state index contributed by atoms with van der Waals surface area (Å²) in [6.07, 6.45) is 10.7.